The molecule has 0 saturated heterocycles. The van der Waals surface area contributed by atoms with Crippen LogP contribution in [-0.4, -0.2) is 17.6 Å². The highest BCUT2D eigenvalue weighted by atomic mass is 15.4. The zero-order chi connectivity index (χ0) is 5.28. The van der Waals surface area contributed by atoms with E-state index in [4.69, 9.17) is 5.84 Å². The van der Waals surface area contributed by atoms with Gasteiger partial charge in [-0.05, 0) is 6.92 Å². The Labute approximate surface area is 43.6 Å². The van der Waals surface area contributed by atoms with Crippen LogP contribution in [0.3, 0.4) is 0 Å². The van der Waals surface area contributed by atoms with Crippen molar-refractivity contribution in [3.63, 3.8) is 0 Å². The van der Waals surface area contributed by atoms with Crippen LogP contribution < -0.4 is 5.84 Å². The molecule has 0 radical (unpaired) electrons. The summed E-state index contributed by atoms with van der Waals surface area (Å²) in [6.07, 6.45) is 4.17. The summed E-state index contributed by atoms with van der Waals surface area (Å²) in [7, 11) is 0. The van der Waals surface area contributed by atoms with Crippen molar-refractivity contribution >= 4 is 0 Å². The van der Waals surface area contributed by atoms with Crippen LogP contribution in [0, 0.1) is 0 Å². The topological polar surface area (TPSA) is 29.3 Å². The molecule has 1 atom stereocenters. The summed E-state index contributed by atoms with van der Waals surface area (Å²) in [5, 5.41) is 1.79. The molecule has 0 aromatic rings. The van der Waals surface area contributed by atoms with Crippen molar-refractivity contribution in [2.24, 2.45) is 5.84 Å². The number of rotatable bonds is 0. The van der Waals surface area contributed by atoms with Crippen molar-refractivity contribution in [2.45, 2.75) is 13.0 Å². The Balaban J connectivity index is 2.45. The number of hydrogen-bond acceptors (Lipinski definition) is 2. The van der Waals surface area contributed by atoms with Gasteiger partial charge in [-0.1, -0.05) is 12.2 Å². The fourth-order valence-electron chi connectivity index (χ4n) is 0.656. The lowest BCUT2D eigenvalue weighted by molar-refractivity contribution is 0.297. The van der Waals surface area contributed by atoms with E-state index in [1.54, 1.807) is 5.01 Å². The Kier molecular flexibility index (Phi) is 1.13. The van der Waals surface area contributed by atoms with Gasteiger partial charge in [0.25, 0.3) is 0 Å². The number of nitrogens with zero attached hydrogens (tertiary/aromatic N) is 1. The van der Waals surface area contributed by atoms with Gasteiger partial charge in [-0.2, -0.15) is 0 Å². The first-order chi connectivity index (χ1) is 3.30. The Bertz CT molecular complexity index is 88.1. The molecule has 2 N–H and O–H groups in total. The van der Waals surface area contributed by atoms with E-state index in [2.05, 4.69) is 19.1 Å². The summed E-state index contributed by atoms with van der Waals surface area (Å²) in [4.78, 5) is 0. The molecule has 1 aliphatic rings. The van der Waals surface area contributed by atoms with Gasteiger partial charge in [0.1, 0.15) is 0 Å². The molecule has 7 heavy (non-hydrogen) atoms. The maximum absolute atomic E-state index is 5.45. The number of hydrazine groups is 1. The third-order valence-electron chi connectivity index (χ3n) is 1.25. The van der Waals surface area contributed by atoms with Gasteiger partial charge in [-0.15, -0.1) is 0 Å². The minimum absolute atomic E-state index is 0.444. The number of nitrogens with two attached hydrogens (primary N) is 1. The average molecular weight is 98.1 g/mol. The van der Waals surface area contributed by atoms with E-state index in [0.29, 0.717) is 6.04 Å². The van der Waals surface area contributed by atoms with E-state index in [-0.39, 0.29) is 0 Å². The Morgan fingerprint density at radius 1 is 1.86 bits per heavy atom. The first-order valence-corrected chi connectivity index (χ1v) is 2.48. The predicted molar refractivity (Wildman–Crippen MR) is 29.5 cm³/mol. The van der Waals surface area contributed by atoms with E-state index < -0.39 is 0 Å². The van der Waals surface area contributed by atoms with Gasteiger partial charge < -0.3 is 0 Å². The molecule has 0 aliphatic carbocycles. The molecule has 2 nitrogen and oxygen atoms in total. The molecule has 0 bridgehead atoms. The van der Waals surface area contributed by atoms with Crippen LogP contribution in [0.1, 0.15) is 6.92 Å². The quantitative estimate of drug-likeness (QED) is 0.344. The third kappa shape index (κ3) is 0.813. The van der Waals surface area contributed by atoms with E-state index in [1.807, 2.05) is 0 Å². The first kappa shape index (κ1) is 4.81. The third-order valence-corrected chi connectivity index (χ3v) is 1.25. The largest absolute Gasteiger partial charge is 0.268 e. The summed E-state index contributed by atoms with van der Waals surface area (Å²) < 4.78 is 0. The smallest absolute Gasteiger partial charge is 0.0396 e. The van der Waals surface area contributed by atoms with Gasteiger partial charge in [0.15, 0.2) is 0 Å². The highest BCUT2D eigenvalue weighted by molar-refractivity contribution is 4.99. The van der Waals surface area contributed by atoms with Crippen LogP contribution in [0.15, 0.2) is 12.2 Å². The fourth-order valence-corrected chi connectivity index (χ4v) is 0.656. The summed E-state index contributed by atoms with van der Waals surface area (Å²) in [5.41, 5.74) is 0. The molecule has 1 aliphatic heterocycles. The van der Waals surface area contributed by atoms with E-state index in [1.165, 1.54) is 0 Å². The molecule has 0 aromatic heterocycles. The lowest BCUT2D eigenvalue weighted by atomic mass is 10.4. The molecule has 1 unspecified atom stereocenters. The van der Waals surface area contributed by atoms with Crippen LogP contribution in [0.4, 0.5) is 0 Å². The Morgan fingerprint density at radius 2 is 2.57 bits per heavy atom. The normalized spacial score (nSPS) is 32.0. The zero-order valence-corrected chi connectivity index (χ0v) is 4.46. The molecule has 0 aromatic carbocycles. The van der Waals surface area contributed by atoms with Gasteiger partial charge in [0.2, 0.25) is 0 Å². The SMILES string of the molecule is CC1C=CCN1N. The van der Waals surface area contributed by atoms with Crippen LogP contribution in [0.25, 0.3) is 0 Å². The van der Waals surface area contributed by atoms with Crippen LogP contribution in [0.2, 0.25) is 0 Å². The monoisotopic (exact) mass is 98.1 g/mol. The highest BCUT2D eigenvalue weighted by Crippen LogP contribution is 2.00. The number of hydrogen-bond donors (Lipinski definition) is 1. The molecule has 0 fully saturated rings. The second-order valence-electron chi connectivity index (χ2n) is 1.87. The summed E-state index contributed by atoms with van der Waals surface area (Å²) >= 11 is 0. The first-order valence-electron chi connectivity index (χ1n) is 2.48. The maximum atomic E-state index is 5.45. The van der Waals surface area contributed by atoms with Crippen molar-refractivity contribution in [1.29, 1.82) is 0 Å². The lowest BCUT2D eigenvalue weighted by Crippen LogP contribution is -2.34. The lowest BCUT2D eigenvalue weighted by Gasteiger charge is -2.11. The fraction of sp³-hybridized carbons (Fsp3) is 0.600. The van der Waals surface area contributed by atoms with Crippen molar-refractivity contribution in [3.05, 3.63) is 12.2 Å². The molecule has 0 saturated carbocycles. The molecule has 0 spiro atoms. The molecule has 0 amide bonds. The van der Waals surface area contributed by atoms with Crippen molar-refractivity contribution in [1.82, 2.24) is 5.01 Å². The van der Waals surface area contributed by atoms with Crippen LogP contribution in [0.5, 0.6) is 0 Å². The Morgan fingerprint density at radius 3 is 2.71 bits per heavy atom. The summed E-state index contributed by atoms with van der Waals surface area (Å²) in [6, 6.07) is 0.444. The second-order valence-corrected chi connectivity index (χ2v) is 1.87. The van der Waals surface area contributed by atoms with Gasteiger partial charge in [-0.25, -0.2) is 5.01 Å². The van der Waals surface area contributed by atoms with Gasteiger partial charge in [-0.3, -0.25) is 5.84 Å². The minimum atomic E-state index is 0.444. The van der Waals surface area contributed by atoms with Crippen molar-refractivity contribution in [3.8, 4) is 0 Å². The standard InChI is InChI=1S/C5H10N2/c1-5-3-2-4-7(5)6/h2-3,5H,4,6H2,1H3. The summed E-state index contributed by atoms with van der Waals surface area (Å²) in [6.45, 7) is 2.98. The minimum Gasteiger partial charge on any atom is -0.268 e. The maximum Gasteiger partial charge on any atom is 0.0396 e. The highest BCUT2D eigenvalue weighted by Gasteiger charge is 2.08. The Hall–Kier alpha value is -0.340. The van der Waals surface area contributed by atoms with Crippen molar-refractivity contribution < 1.29 is 0 Å². The van der Waals surface area contributed by atoms with E-state index in [0.717, 1.165) is 6.54 Å². The molecule has 1 heterocycles. The van der Waals surface area contributed by atoms with Crippen LogP contribution in [-0.2, 0) is 0 Å². The molecular weight excluding hydrogens is 88.1 g/mol. The summed E-state index contributed by atoms with van der Waals surface area (Å²) in [5.74, 6) is 5.45. The van der Waals surface area contributed by atoms with Gasteiger partial charge >= 0.3 is 0 Å². The zero-order valence-electron chi connectivity index (χ0n) is 4.46. The van der Waals surface area contributed by atoms with Crippen molar-refractivity contribution in [2.75, 3.05) is 6.54 Å². The second kappa shape index (κ2) is 1.64. The molecule has 40 valence electrons. The predicted octanol–water partition coefficient (Wildman–Crippen LogP) is 0.120. The van der Waals surface area contributed by atoms with Gasteiger partial charge in [0.05, 0.1) is 0 Å². The molecule has 1 rings (SSSR count). The van der Waals surface area contributed by atoms with E-state index >= 15 is 0 Å². The van der Waals surface area contributed by atoms with E-state index in [9.17, 15) is 0 Å². The average Bonchev–Trinajstić information content (AvgIpc) is 1.91. The van der Waals surface area contributed by atoms with Gasteiger partial charge in [0, 0.05) is 12.6 Å². The molecule has 2 heteroatoms. The van der Waals surface area contributed by atoms with Crippen LogP contribution >= 0.6 is 0 Å². The molecular formula is C5H10N2.